The Morgan fingerprint density at radius 1 is 0.891 bits per heavy atom. The second kappa shape index (κ2) is 14.7. The molecule has 6 aliphatic carbocycles. The molecular formula is C47H69ClN2O5. The first-order valence-corrected chi connectivity index (χ1v) is 21.2. The summed E-state index contributed by atoms with van der Waals surface area (Å²) in [6.45, 7) is 18.2. The molecule has 6 aliphatic rings. The number of aliphatic hydroxyl groups is 1. The number of hydrogen-bond donors (Lipinski definition) is 2. The van der Waals surface area contributed by atoms with Gasteiger partial charge in [-0.15, -0.1) is 12.4 Å². The predicted molar refractivity (Wildman–Crippen MR) is 222 cm³/mol. The molecule has 0 unspecified atom stereocenters. The van der Waals surface area contributed by atoms with Gasteiger partial charge in [-0.1, -0.05) is 78.7 Å². The van der Waals surface area contributed by atoms with E-state index in [1.807, 2.05) is 36.0 Å². The number of carbonyl (C=O) groups is 3. The van der Waals surface area contributed by atoms with Gasteiger partial charge in [0.15, 0.2) is 5.78 Å². The van der Waals surface area contributed by atoms with E-state index >= 15 is 0 Å². The predicted octanol–water partition coefficient (Wildman–Crippen LogP) is 9.33. The Morgan fingerprint density at radius 2 is 1.56 bits per heavy atom. The summed E-state index contributed by atoms with van der Waals surface area (Å²) in [6, 6.07) is 7.47. The Balaban J connectivity index is 0.00000514. The molecule has 0 radical (unpaired) electrons. The second-order valence-electron chi connectivity index (χ2n) is 20.6. The van der Waals surface area contributed by atoms with Gasteiger partial charge in [0.25, 0.3) is 0 Å². The first kappa shape index (κ1) is 42.1. The normalized spacial score (nSPS) is 35.8. The number of Topliss-reactive ketones (excluding diaryl/α,β-unsaturated/α-hetero) is 1. The summed E-state index contributed by atoms with van der Waals surface area (Å²) in [4.78, 5) is 43.4. The number of carboxylic acid groups (broad SMARTS) is 1. The van der Waals surface area contributed by atoms with Crippen LogP contribution in [-0.4, -0.2) is 77.5 Å². The Bertz CT molecular complexity index is 1740. The molecule has 0 saturated heterocycles. The molecule has 2 N–H and O–H groups in total. The van der Waals surface area contributed by atoms with Gasteiger partial charge in [-0.25, -0.2) is 4.79 Å². The largest absolute Gasteiger partial charge is 0.478 e. The molecule has 8 atom stereocenters. The highest BCUT2D eigenvalue weighted by Gasteiger charge is 2.70. The highest BCUT2D eigenvalue weighted by Crippen LogP contribution is 2.77. The van der Waals surface area contributed by atoms with Crippen molar-refractivity contribution in [2.24, 2.45) is 56.7 Å². The van der Waals surface area contributed by atoms with E-state index in [9.17, 15) is 24.6 Å². The van der Waals surface area contributed by atoms with Gasteiger partial charge in [-0.05, 0) is 152 Å². The van der Waals surface area contributed by atoms with Crippen LogP contribution in [0.4, 0.5) is 0 Å². The molecule has 304 valence electrons. The van der Waals surface area contributed by atoms with Crippen LogP contribution in [0, 0.1) is 56.7 Å². The highest BCUT2D eigenvalue weighted by molar-refractivity contribution is 6.01. The summed E-state index contributed by atoms with van der Waals surface area (Å²) < 4.78 is 0. The molecule has 0 aliphatic heterocycles. The van der Waals surface area contributed by atoms with Crippen molar-refractivity contribution in [2.45, 2.75) is 125 Å². The molecule has 4 saturated carbocycles. The highest BCUT2D eigenvalue weighted by atomic mass is 35.5. The van der Waals surface area contributed by atoms with E-state index in [1.165, 1.54) is 17.6 Å². The van der Waals surface area contributed by atoms with Gasteiger partial charge in [-0.3, -0.25) is 9.59 Å². The molecule has 1 amide bonds. The number of rotatable bonds is 10. The zero-order chi connectivity index (χ0) is 39.2. The molecule has 55 heavy (non-hydrogen) atoms. The second-order valence-corrected chi connectivity index (χ2v) is 20.6. The number of halogens is 1. The van der Waals surface area contributed by atoms with Crippen molar-refractivity contribution >= 4 is 35.6 Å². The zero-order valence-corrected chi connectivity index (χ0v) is 36.0. The Labute approximate surface area is 337 Å². The van der Waals surface area contributed by atoms with E-state index in [-0.39, 0.29) is 57.6 Å². The minimum absolute atomic E-state index is 0. The lowest BCUT2D eigenvalue weighted by molar-refractivity contribution is -0.200. The van der Waals surface area contributed by atoms with Crippen LogP contribution in [0.2, 0.25) is 0 Å². The number of ketones is 1. The SMILES string of the molecule is CC(C)C1=C2[C@H]3CC[C@@H]4[C@@]5(C)CC=C(c6ccc(C(=O)O)cc6)C(C)(C)[C@@H]5CC[C@@]4(C)[C@]3(C)CC[C@@]2([C@@H](O)CN(CC2CCC2)C(=O)CN(C)C)CC1=O.Cl. The van der Waals surface area contributed by atoms with Crippen molar-refractivity contribution in [2.75, 3.05) is 33.7 Å². The number of amides is 1. The maximum atomic E-state index is 14.2. The molecule has 4 fully saturated rings. The van der Waals surface area contributed by atoms with Crippen LogP contribution in [0.5, 0.6) is 0 Å². The number of fused-ring (bicyclic) bond motifs is 7. The standard InChI is InChI=1S/C47H68N2O5.ClH/c1-29(2)40-35(50)25-47(38(51)27-49(26-30-11-10-12-30)39(52)28-48(8)9)24-23-45(6)34(41(40)47)17-18-37-44(5)21-19-33(31-13-15-32(16-14-31)42(53)54)43(3,4)36(44)20-22-46(37,45)7;/h13-16,19,29-30,34,36-38,51H,10-12,17-18,20-28H2,1-9H3,(H,53,54);1H/t34-,36+,37-,38+,44+,45-,46-,47+;/m1./s1. The van der Waals surface area contributed by atoms with Crippen molar-refractivity contribution in [1.82, 2.24) is 9.80 Å². The van der Waals surface area contributed by atoms with Crippen LogP contribution in [0.1, 0.15) is 135 Å². The van der Waals surface area contributed by atoms with Crippen molar-refractivity contribution < 1.29 is 24.6 Å². The van der Waals surface area contributed by atoms with E-state index < -0.39 is 17.5 Å². The molecule has 7 nitrogen and oxygen atoms in total. The molecule has 1 aromatic carbocycles. The average molecular weight is 778 g/mol. The van der Waals surface area contributed by atoms with E-state index in [1.54, 1.807) is 12.1 Å². The third-order valence-corrected chi connectivity index (χ3v) is 17.0. The summed E-state index contributed by atoms with van der Waals surface area (Å²) in [5.41, 5.74) is 4.54. The molecule has 1 aromatic rings. The molecule has 0 aromatic heterocycles. The lowest BCUT2D eigenvalue weighted by atomic mass is 9.33. The Kier molecular flexibility index (Phi) is 11.3. The van der Waals surface area contributed by atoms with Crippen molar-refractivity contribution in [1.29, 1.82) is 0 Å². The number of carboxylic acids is 1. The van der Waals surface area contributed by atoms with Crippen LogP contribution in [0.25, 0.3) is 5.57 Å². The van der Waals surface area contributed by atoms with Crippen LogP contribution in [-0.2, 0) is 9.59 Å². The number of nitrogens with zero attached hydrogens (tertiary/aromatic N) is 2. The first-order chi connectivity index (χ1) is 25.3. The third-order valence-electron chi connectivity index (χ3n) is 17.0. The van der Waals surface area contributed by atoms with Crippen LogP contribution < -0.4 is 0 Å². The van der Waals surface area contributed by atoms with Gasteiger partial charge in [0.2, 0.25) is 5.91 Å². The minimum Gasteiger partial charge on any atom is -0.478 e. The van der Waals surface area contributed by atoms with Gasteiger partial charge in [0.1, 0.15) is 0 Å². The number of benzene rings is 1. The van der Waals surface area contributed by atoms with Crippen LogP contribution in [0.3, 0.4) is 0 Å². The summed E-state index contributed by atoms with van der Waals surface area (Å²) in [7, 11) is 3.86. The van der Waals surface area contributed by atoms with Crippen molar-refractivity contribution in [3.8, 4) is 0 Å². The molecule has 8 heteroatoms. The lowest BCUT2D eigenvalue weighted by Crippen LogP contribution is -2.65. The van der Waals surface area contributed by atoms with Gasteiger partial charge < -0.3 is 20.0 Å². The summed E-state index contributed by atoms with van der Waals surface area (Å²) in [5.74, 6) is 1.25. The number of aromatic carboxylic acids is 1. The number of carbonyl (C=O) groups excluding carboxylic acids is 2. The van der Waals surface area contributed by atoms with Crippen molar-refractivity contribution in [3.63, 3.8) is 0 Å². The Morgan fingerprint density at radius 3 is 2.15 bits per heavy atom. The zero-order valence-electron chi connectivity index (χ0n) is 35.2. The third kappa shape index (κ3) is 6.49. The van der Waals surface area contributed by atoms with Crippen molar-refractivity contribution in [3.05, 3.63) is 52.6 Å². The van der Waals surface area contributed by atoms with Gasteiger partial charge in [0.05, 0.1) is 18.2 Å². The molecular weight excluding hydrogens is 708 g/mol. The summed E-state index contributed by atoms with van der Waals surface area (Å²) in [6.07, 6.45) is 12.8. The first-order valence-electron chi connectivity index (χ1n) is 21.2. The fourth-order valence-electron chi connectivity index (χ4n) is 14.0. The quantitative estimate of drug-likeness (QED) is 0.246. The fourth-order valence-corrected chi connectivity index (χ4v) is 14.0. The van der Waals surface area contributed by atoms with Gasteiger partial charge in [0, 0.05) is 24.9 Å². The number of allylic oxidation sites excluding steroid dienone is 3. The van der Waals surface area contributed by atoms with Gasteiger partial charge >= 0.3 is 5.97 Å². The lowest BCUT2D eigenvalue weighted by Gasteiger charge is -2.71. The maximum Gasteiger partial charge on any atom is 0.335 e. The van der Waals surface area contributed by atoms with E-state index in [0.717, 1.165) is 68.9 Å². The molecule has 0 spiro atoms. The number of hydrogen-bond acceptors (Lipinski definition) is 5. The number of aliphatic hydroxyl groups excluding tert-OH is 1. The smallest absolute Gasteiger partial charge is 0.335 e. The van der Waals surface area contributed by atoms with Crippen LogP contribution in [0.15, 0.2) is 41.5 Å². The maximum absolute atomic E-state index is 14.2. The fraction of sp³-hybridized carbons (Fsp3) is 0.723. The van der Waals surface area contributed by atoms with Crippen LogP contribution >= 0.6 is 12.4 Å². The average Bonchev–Trinajstić information content (AvgIpc) is 3.38. The summed E-state index contributed by atoms with van der Waals surface area (Å²) in [5, 5.41) is 22.1. The molecule has 0 bridgehead atoms. The minimum atomic E-state index is -0.893. The summed E-state index contributed by atoms with van der Waals surface area (Å²) >= 11 is 0. The number of likely N-dealkylation sites (N-methyl/N-ethyl adjacent to an activating group) is 1. The monoisotopic (exact) mass is 776 g/mol. The molecule has 7 rings (SSSR count). The molecule has 0 heterocycles. The van der Waals surface area contributed by atoms with Gasteiger partial charge in [-0.2, -0.15) is 0 Å². The van der Waals surface area contributed by atoms with E-state index in [4.69, 9.17) is 0 Å². The topological polar surface area (TPSA) is 98.2 Å². The van der Waals surface area contributed by atoms with E-state index in [2.05, 4.69) is 54.5 Å². The van der Waals surface area contributed by atoms with E-state index in [0.29, 0.717) is 49.4 Å². The Hall–Kier alpha value is -2.48.